The number of rotatable bonds is 6. The van der Waals surface area contributed by atoms with Crippen molar-refractivity contribution < 1.29 is 4.79 Å². The van der Waals surface area contributed by atoms with Crippen LogP contribution in [-0.4, -0.2) is 12.5 Å². The van der Waals surface area contributed by atoms with Gasteiger partial charge in [0.25, 0.3) is 5.91 Å². The monoisotopic (exact) mass is 307 g/mol. The van der Waals surface area contributed by atoms with Gasteiger partial charge in [0.15, 0.2) is 0 Å². The summed E-state index contributed by atoms with van der Waals surface area (Å²) in [6.07, 6.45) is 6.63. The van der Waals surface area contributed by atoms with Crippen molar-refractivity contribution >= 4 is 17.5 Å². The highest BCUT2D eigenvalue weighted by Gasteiger charge is 2.22. The second-order valence-electron chi connectivity index (χ2n) is 5.99. The summed E-state index contributed by atoms with van der Waals surface area (Å²) in [6, 6.07) is 6.23. The van der Waals surface area contributed by atoms with E-state index < -0.39 is 0 Å². The third kappa shape index (κ3) is 4.00. The van der Waals surface area contributed by atoms with Gasteiger partial charge >= 0.3 is 0 Å². The van der Waals surface area contributed by atoms with Crippen molar-refractivity contribution in [3.8, 4) is 0 Å². The summed E-state index contributed by atoms with van der Waals surface area (Å²) >= 11 is 6.71. The van der Waals surface area contributed by atoms with Crippen molar-refractivity contribution in [3.05, 3.63) is 34.9 Å². The summed E-state index contributed by atoms with van der Waals surface area (Å²) in [5.41, 5.74) is 3.07. The van der Waals surface area contributed by atoms with Crippen LogP contribution >= 0.6 is 11.6 Å². The van der Waals surface area contributed by atoms with Gasteiger partial charge in [0, 0.05) is 12.1 Å². The summed E-state index contributed by atoms with van der Waals surface area (Å²) in [4.78, 5) is 12.1. The fraction of sp³-hybridized carbons (Fsp3) is 0.611. The molecule has 0 fully saturated rings. The van der Waals surface area contributed by atoms with Gasteiger partial charge in [-0.05, 0) is 42.4 Å². The number of hydrogen-bond acceptors (Lipinski definition) is 1. The lowest BCUT2D eigenvalue weighted by Crippen LogP contribution is -2.22. The van der Waals surface area contributed by atoms with E-state index in [1.54, 1.807) is 0 Å². The van der Waals surface area contributed by atoms with Crippen LogP contribution in [0.15, 0.2) is 18.2 Å². The highest BCUT2D eigenvalue weighted by molar-refractivity contribution is 6.21. The second kappa shape index (κ2) is 7.84. The lowest BCUT2D eigenvalue weighted by Gasteiger charge is -2.22. The SMILES string of the molecule is CCCCC(CC)C(Cl)c1ccc2c(c1)C(=O)NCCC2. The standard InChI is InChI=1S/C18H26ClNO/c1-3-5-7-13(4-2)17(19)15-10-9-14-8-6-11-20-18(21)16(14)12-15/h9-10,12-13,17H,3-8,11H2,1-2H3,(H,20,21). The van der Waals surface area contributed by atoms with E-state index in [2.05, 4.69) is 31.3 Å². The number of carbonyl (C=O) groups is 1. The zero-order valence-corrected chi connectivity index (χ0v) is 13.9. The molecule has 2 unspecified atom stereocenters. The molecule has 1 aromatic carbocycles. The summed E-state index contributed by atoms with van der Waals surface area (Å²) in [6.45, 7) is 5.18. The van der Waals surface area contributed by atoms with Gasteiger partial charge in [-0.15, -0.1) is 11.6 Å². The average molecular weight is 308 g/mol. The first-order chi connectivity index (χ1) is 10.2. The lowest BCUT2D eigenvalue weighted by molar-refractivity contribution is 0.0956. The number of aryl methyl sites for hydroxylation is 1. The van der Waals surface area contributed by atoms with E-state index >= 15 is 0 Å². The Labute approximate surface area is 133 Å². The molecular formula is C18H26ClNO. The molecule has 3 heteroatoms. The van der Waals surface area contributed by atoms with Gasteiger partial charge in [-0.25, -0.2) is 0 Å². The minimum absolute atomic E-state index is 0.00269. The van der Waals surface area contributed by atoms with Crippen LogP contribution < -0.4 is 5.32 Å². The van der Waals surface area contributed by atoms with E-state index in [9.17, 15) is 4.79 Å². The molecule has 2 nitrogen and oxygen atoms in total. The van der Waals surface area contributed by atoms with Crippen LogP contribution in [0.5, 0.6) is 0 Å². The zero-order valence-electron chi connectivity index (χ0n) is 13.1. The predicted octanol–water partition coefficient (Wildman–Crippen LogP) is 4.86. The topological polar surface area (TPSA) is 29.1 Å². The Morgan fingerprint density at radius 1 is 1.33 bits per heavy atom. The summed E-state index contributed by atoms with van der Waals surface area (Å²) in [5, 5.41) is 2.97. The molecule has 0 saturated carbocycles. The molecule has 2 rings (SSSR count). The molecule has 2 atom stereocenters. The van der Waals surface area contributed by atoms with Crippen LogP contribution in [0.2, 0.25) is 0 Å². The largest absolute Gasteiger partial charge is 0.352 e. The number of amides is 1. The van der Waals surface area contributed by atoms with E-state index in [1.165, 1.54) is 12.8 Å². The van der Waals surface area contributed by atoms with Gasteiger partial charge in [-0.1, -0.05) is 45.2 Å². The molecule has 0 radical (unpaired) electrons. The molecule has 1 amide bonds. The number of fused-ring (bicyclic) bond motifs is 1. The molecule has 0 spiro atoms. The van der Waals surface area contributed by atoms with Crippen molar-refractivity contribution in [2.75, 3.05) is 6.54 Å². The normalized spacial score (nSPS) is 17.6. The Balaban J connectivity index is 2.21. The van der Waals surface area contributed by atoms with Crippen molar-refractivity contribution in [1.29, 1.82) is 0 Å². The number of alkyl halides is 1. The van der Waals surface area contributed by atoms with Gasteiger partial charge < -0.3 is 5.32 Å². The van der Waals surface area contributed by atoms with Crippen molar-refractivity contribution in [2.24, 2.45) is 5.92 Å². The smallest absolute Gasteiger partial charge is 0.251 e. The zero-order chi connectivity index (χ0) is 15.2. The van der Waals surface area contributed by atoms with Gasteiger partial charge in [-0.3, -0.25) is 4.79 Å². The molecule has 0 bridgehead atoms. The first-order valence-corrected chi connectivity index (χ1v) is 8.66. The Bertz CT molecular complexity index is 486. The van der Waals surface area contributed by atoms with Crippen molar-refractivity contribution in [3.63, 3.8) is 0 Å². The van der Waals surface area contributed by atoms with Crippen LogP contribution in [0.3, 0.4) is 0 Å². The number of unbranched alkanes of at least 4 members (excludes halogenated alkanes) is 1. The molecular weight excluding hydrogens is 282 g/mol. The first kappa shape index (κ1) is 16.4. The maximum Gasteiger partial charge on any atom is 0.251 e. The second-order valence-corrected chi connectivity index (χ2v) is 6.46. The minimum Gasteiger partial charge on any atom is -0.352 e. The van der Waals surface area contributed by atoms with Crippen molar-refractivity contribution in [2.45, 2.75) is 57.7 Å². The van der Waals surface area contributed by atoms with Crippen LogP contribution in [0.25, 0.3) is 0 Å². The molecule has 1 N–H and O–H groups in total. The summed E-state index contributed by atoms with van der Waals surface area (Å²) < 4.78 is 0. The quantitative estimate of drug-likeness (QED) is 0.747. The minimum atomic E-state index is 0.00269. The third-order valence-electron chi connectivity index (χ3n) is 4.47. The molecule has 0 aliphatic carbocycles. The van der Waals surface area contributed by atoms with E-state index in [4.69, 9.17) is 11.6 Å². The summed E-state index contributed by atoms with van der Waals surface area (Å²) in [7, 11) is 0. The Hall–Kier alpha value is -1.02. The predicted molar refractivity (Wildman–Crippen MR) is 89.0 cm³/mol. The highest BCUT2D eigenvalue weighted by Crippen LogP contribution is 2.35. The highest BCUT2D eigenvalue weighted by atomic mass is 35.5. The Kier molecular flexibility index (Phi) is 6.10. The van der Waals surface area contributed by atoms with Crippen LogP contribution in [0, 0.1) is 5.92 Å². The number of benzene rings is 1. The van der Waals surface area contributed by atoms with Crippen LogP contribution in [0.4, 0.5) is 0 Å². The van der Waals surface area contributed by atoms with Crippen LogP contribution in [-0.2, 0) is 6.42 Å². The Morgan fingerprint density at radius 2 is 2.14 bits per heavy atom. The Morgan fingerprint density at radius 3 is 2.86 bits per heavy atom. The van der Waals surface area contributed by atoms with E-state index in [1.807, 2.05) is 6.07 Å². The number of nitrogens with one attached hydrogen (secondary N) is 1. The summed E-state index contributed by atoms with van der Waals surface area (Å²) in [5.74, 6) is 0.535. The molecule has 21 heavy (non-hydrogen) atoms. The number of halogens is 1. The van der Waals surface area contributed by atoms with Gasteiger partial charge in [-0.2, -0.15) is 0 Å². The number of hydrogen-bond donors (Lipinski definition) is 1. The molecule has 1 heterocycles. The van der Waals surface area contributed by atoms with Crippen molar-refractivity contribution in [1.82, 2.24) is 5.32 Å². The van der Waals surface area contributed by atoms with Gasteiger partial charge in [0.1, 0.15) is 0 Å². The lowest BCUT2D eigenvalue weighted by atomic mass is 9.89. The molecule has 0 saturated heterocycles. The third-order valence-corrected chi connectivity index (χ3v) is 5.08. The van der Waals surface area contributed by atoms with Crippen LogP contribution in [0.1, 0.15) is 72.8 Å². The maximum absolute atomic E-state index is 12.1. The van der Waals surface area contributed by atoms with E-state index in [0.717, 1.165) is 48.9 Å². The fourth-order valence-corrected chi connectivity index (χ4v) is 3.51. The maximum atomic E-state index is 12.1. The molecule has 0 aromatic heterocycles. The van der Waals surface area contributed by atoms with E-state index in [0.29, 0.717) is 5.92 Å². The fourth-order valence-electron chi connectivity index (χ4n) is 3.07. The molecule has 1 aliphatic heterocycles. The first-order valence-electron chi connectivity index (χ1n) is 8.22. The van der Waals surface area contributed by atoms with E-state index in [-0.39, 0.29) is 11.3 Å². The average Bonchev–Trinajstić information content (AvgIpc) is 2.69. The van der Waals surface area contributed by atoms with Gasteiger partial charge in [0.2, 0.25) is 0 Å². The molecule has 1 aliphatic rings. The molecule has 1 aromatic rings. The van der Waals surface area contributed by atoms with Gasteiger partial charge in [0.05, 0.1) is 5.38 Å². The number of carbonyl (C=O) groups excluding carboxylic acids is 1. The molecule has 116 valence electrons.